The Balaban J connectivity index is 2.34. The van der Waals surface area contributed by atoms with Gasteiger partial charge in [0.1, 0.15) is 0 Å². The van der Waals surface area contributed by atoms with Crippen LogP contribution in [0.15, 0.2) is 71.0 Å². The van der Waals surface area contributed by atoms with Crippen LogP contribution in [-0.4, -0.2) is 14.2 Å². The molecular formula is C16H14F3NO2S2. The number of nitrogens with one attached hydrogen (secondary N) is 1. The second kappa shape index (κ2) is 7.31. The summed E-state index contributed by atoms with van der Waals surface area (Å²) in [6.45, 7) is 3.59. The van der Waals surface area contributed by atoms with Crippen molar-refractivity contribution in [2.75, 3.05) is 10.5 Å². The average Bonchev–Trinajstić information content (AvgIpc) is 2.53. The van der Waals surface area contributed by atoms with Crippen LogP contribution in [0.4, 0.5) is 18.9 Å². The number of sulfonamides is 1. The molecule has 2 aromatic carbocycles. The van der Waals surface area contributed by atoms with Crippen LogP contribution in [0, 0.1) is 0 Å². The first-order chi connectivity index (χ1) is 11.2. The molecule has 0 aliphatic carbocycles. The van der Waals surface area contributed by atoms with E-state index in [9.17, 15) is 21.6 Å². The average molecular weight is 373 g/mol. The van der Waals surface area contributed by atoms with E-state index in [2.05, 4.69) is 11.3 Å². The van der Waals surface area contributed by atoms with Gasteiger partial charge in [0.2, 0.25) is 0 Å². The lowest BCUT2D eigenvalue weighted by atomic mass is 10.2. The van der Waals surface area contributed by atoms with Crippen molar-refractivity contribution in [1.29, 1.82) is 0 Å². The van der Waals surface area contributed by atoms with Crippen LogP contribution in [0.3, 0.4) is 0 Å². The maximum atomic E-state index is 12.8. The van der Waals surface area contributed by atoms with Gasteiger partial charge in [-0.1, -0.05) is 24.3 Å². The van der Waals surface area contributed by atoms with Crippen LogP contribution < -0.4 is 4.72 Å². The van der Waals surface area contributed by atoms with E-state index in [4.69, 9.17) is 0 Å². The summed E-state index contributed by atoms with van der Waals surface area (Å²) in [6.07, 6.45) is -2.94. The summed E-state index contributed by atoms with van der Waals surface area (Å²) in [5.41, 5.74) is -0.707. The lowest BCUT2D eigenvalue weighted by molar-refractivity contribution is -0.137. The minimum atomic E-state index is -4.61. The number of para-hydroxylation sites is 1. The van der Waals surface area contributed by atoms with Gasteiger partial charge in [0.15, 0.2) is 0 Å². The van der Waals surface area contributed by atoms with E-state index >= 15 is 0 Å². The van der Waals surface area contributed by atoms with E-state index < -0.39 is 26.7 Å². The van der Waals surface area contributed by atoms with Crippen LogP contribution in [0.5, 0.6) is 0 Å². The molecule has 0 saturated heterocycles. The summed E-state index contributed by atoms with van der Waals surface area (Å²) >= 11 is 1.37. The molecule has 1 N–H and O–H groups in total. The lowest BCUT2D eigenvalue weighted by Crippen LogP contribution is -2.15. The SMILES string of the molecule is C=CCSc1ccccc1NS(=O)(=O)c1cccc(C(F)(F)F)c1. The minimum Gasteiger partial charge on any atom is -0.278 e. The molecule has 0 radical (unpaired) electrons. The monoisotopic (exact) mass is 373 g/mol. The molecule has 2 rings (SSSR count). The van der Waals surface area contributed by atoms with Crippen molar-refractivity contribution in [3.8, 4) is 0 Å². The smallest absolute Gasteiger partial charge is 0.278 e. The van der Waals surface area contributed by atoms with Gasteiger partial charge in [0.05, 0.1) is 16.1 Å². The van der Waals surface area contributed by atoms with Gasteiger partial charge in [0, 0.05) is 10.6 Å². The Morgan fingerprint density at radius 3 is 2.50 bits per heavy atom. The van der Waals surface area contributed by atoms with Gasteiger partial charge in [-0.15, -0.1) is 18.3 Å². The lowest BCUT2D eigenvalue weighted by Gasteiger charge is -2.13. The summed E-state index contributed by atoms with van der Waals surface area (Å²) in [6, 6.07) is 10.3. The molecule has 0 aromatic heterocycles. The Morgan fingerprint density at radius 2 is 1.83 bits per heavy atom. The third-order valence-electron chi connectivity index (χ3n) is 2.96. The van der Waals surface area contributed by atoms with Crippen molar-refractivity contribution in [3.05, 3.63) is 66.7 Å². The van der Waals surface area contributed by atoms with E-state index in [0.717, 1.165) is 18.2 Å². The molecule has 0 unspecified atom stereocenters. The van der Waals surface area contributed by atoms with Crippen molar-refractivity contribution < 1.29 is 21.6 Å². The molecule has 0 fully saturated rings. The standard InChI is InChI=1S/C16H14F3NO2S2/c1-2-10-23-15-9-4-3-8-14(15)20-24(21,22)13-7-5-6-12(11-13)16(17,18)19/h2-9,11,20H,1,10H2. The van der Waals surface area contributed by atoms with Crippen LogP contribution in [-0.2, 0) is 16.2 Å². The Bertz CT molecular complexity index is 833. The van der Waals surface area contributed by atoms with E-state index in [1.807, 2.05) is 0 Å². The van der Waals surface area contributed by atoms with E-state index in [1.165, 1.54) is 11.8 Å². The van der Waals surface area contributed by atoms with E-state index in [-0.39, 0.29) is 0 Å². The Hall–Kier alpha value is -1.93. The second-order valence-electron chi connectivity index (χ2n) is 4.73. The molecule has 128 valence electrons. The first-order valence-corrected chi connectivity index (χ1v) is 9.24. The summed E-state index contributed by atoms with van der Waals surface area (Å²) < 4.78 is 65.4. The van der Waals surface area contributed by atoms with Crippen molar-refractivity contribution in [2.45, 2.75) is 16.0 Å². The molecule has 0 amide bonds. The molecule has 0 aliphatic rings. The molecule has 0 aliphatic heterocycles. The number of hydrogen-bond donors (Lipinski definition) is 1. The first kappa shape index (κ1) is 18.4. The quantitative estimate of drug-likeness (QED) is 0.585. The van der Waals surface area contributed by atoms with Crippen molar-refractivity contribution in [3.63, 3.8) is 0 Å². The van der Waals surface area contributed by atoms with Crippen molar-refractivity contribution >= 4 is 27.5 Å². The highest BCUT2D eigenvalue weighted by molar-refractivity contribution is 7.99. The highest BCUT2D eigenvalue weighted by atomic mass is 32.2. The number of benzene rings is 2. The second-order valence-corrected chi connectivity index (χ2v) is 7.47. The number of rotatable bonds is 6. The number of alkyl halides is 3. The summed E-state index contributed by atoms with van der Waals surface area (Å²) in [5.74, 6) is 0.572. The van der Waals surface area contributed by atoms with Crippen LogP contribution in [0.1, 0.15) is 5.56 Å². The van der Waals surface area contributed by atoms with Crippen LogP contribution in [0.25, 0.3) is 0 Å². The predicted octanol–water partition coefficient (Wildman–Crippen LogP) is 4.78. The van der Waals surface area contributed by atoms with E-state index in [1.54, 1.807) is 30.3 Å². The maximum absolute atomic E-state index is 12.8. The summed E-state index contributed by atoms with van der Waals surface area (Å²) in [4.78, 5) is 0.216. The highest BCUT2D eigenvalue weighted by Crippen LogP contribution is 2.32. The van der Waals surface area contributed by atoms with Crippen LogP contribution >= 0.6 is 11.8 Å². The summed E-state index contributed by atoms with van der Waals surface area (Å²) in [7, 11) is -4.13. The maximum Gasteiger partial charge on any atom is 0.416 e. The molecule has 0 bridgehead atoms. The fourth-order valence-electron chi connectivity index (χ4n) is 1.87. The number of halogens is 3. The van der Waals surface area contributed by atoms with Crippen LogP contribution in [0.2, 0.25) is 0 Å². The Labute approximate surface area is 142 Å². The zero-order valence-electron chi connectivity index (χ0n) is 12.4. The normalized spacial score (nSPS) is 12.0. The molecule has 3 nitrogen and oxygen atoms in total. The number of anilines is 1. The third-order valence-corrected chi connectivity index (χ3v) is 5.39. The Morgan fingerprint density at radius 1 is 1.12 bits per heavy atom. The zero-order chi connectivity index (χ0) is 17.8. The fourth-order valence-corrected chi connectivity index (χ4v) is 3.81. The molecule has 0 heterocycles. The summed E-state index contributed by atoms with van der Waals surface area (Å²) in [5, 5.41) is 0. The van der Waals surface area contributed by atoms with Crippen molar-refractivity contribution in [1.82, 2.24) is 0 Å². The molecule has 2 aromatic rings. The predicted molar refractivity (Wildman–Crippen MR) is 89.6 cm³/mol. The third kappa shape index (κ3) is 4.55. The zero-order valence-corrected chi connectivity index (χ0v) is 14.0. The Kier molecular flexibility index (Phi) is 5.61. The van der Waals surface area contributed by atoms with E-state index in [0.29, 0.717) is 22.4 Å². The molecule has 0 spiro atoms. The number of hydrogen-bond acceptors (Lipinski definition) is 3. The van der Waals surface area contributed by atoms with Gasteiger partial charge in [-0.2, -0.15) is 13.2 Å². The minimum absolute atomic E-state index is 0.307. The molecule has 0 atom stereocenters. The topological polar surface area (TPSA) is 46.2 Å². The first-order valence-electron chi connectivity index (χ1n) is 6.77. The molecule has 8 heteroatoms. The van der Waals surface area contributed by atoms with Gasteiger partial charge < -0.3 is 0 Å². The fraction of sp³-hybridized carbons (Fsp3) is 0.125. The largest absolute Gasteiger partial charge is 0.416 e. The van der Waals surface area contributed by atoms with Gasteiger partial charge in [-0.05, 0) is 30.3 Å². The van der Waals surface area contributed by atoms with Crippen molar-refractivity contribution in [2.24, 2.45) is 0 Å². The molecule has 24 heavy (non-hydrogen) atoms. The highest BCUT2D eigenvalue weighted by Gasteiger charge is 2.31. The van der Waals surface area contributed by atoms with Gasteiger partial charge in [-0.25, -0.2) is 8.42 Å². The van der Waals surface area contributed by atoms with Gasteiger partial charge in [-0.3, -0.25) is 4.72 Å². The molecular weight excluding hydrogens is 359 g/mol. The van der Waals surface area contributed by atoms with Gasteiger partial charge >= 0.3 is 6.18 Å². The van der Waals surface area contributed by atoms with Gasteiger partial charge in [0.25, 0.3) is 10.0 Å². The molecule has 0 saturated carbocycles. The number of thioether (sulfide) groups is 1.